The van der Waals surface area contributed by atoms with Crippen LogP contribution >= 0.6 is 45.7 Å². The third kappa shape index (κ3) is 3.19. The van der Waals surface area contributed by atoms with E-state index in [1.165, 1.54) is 14.6 Å². The molecule has 2 aromatic rings. The van der Waals surface area contributed by atoms with Gasteiger partial charge in [-0.05, 0) is 28.7 Å². The Labute approximate surface area is 119 Å². The van der Waals surface area contributed by atoms with Crippen LogP contribution in [0.5, 0.6) is 0 Å². The van der Waals surface area contributed by atoms with E-state index in [1.54, 1.807) is 23.1 Å². The molecule has 2 aromatic heterocycles. The molecule has 0 amide bonds. The number of carboxylic acid groups (broad SMARTS) is 1. The summed E-state index contributed by atoms with van der Waals surface area (Å²) in [5.41, 5.74) is 0.970. The first kappa shape index (κ1) is 12.8. The maximum absolute atomic E-state index is 10.5. The van der Waals surface area contributed by atoms with E-state index in [0.717, 1.165) is 5.56 Å². The lowest BCUT2D eigenvalue weighted by Crippen LogP contribution is -2.00. The first-order chi connectivity index (χ1) is 8.06. The molecule has 0 fully saturated rings. The molecule has 17 heavy (non-hydrogen) atoms. The fraction of sp³-hybridized carbons (Fsp3) is 0.222. The Morgan fingerprint density at radius 1 is 1.71 bits per heavy atom. The summed E-state index contributed by atoms with van der Waals surface area (Å²) < 4.78 is 2.78. The van der Waals surface area contributed by atoms with Gasteiger partial charge in [-0.3, -0.25) is 4.79 Å². The van der Waals surface area contributed by atoms with Gasteiger partial charge in [0.1, 0.15) is 0 Å². The molecule has 0 aliphatic rings. The minimum absolute atomic E-state index is 0.00680. The molecule has 5 nitrogen and oxygen atoms in total. The lowest BCUT2D eigenvalue weighted by atomic mass is 10.3. The van der Waals surface area contributed by atoms with Crippen LogP contribution in [0.3, 0.4) is 0 Å². The van der Waals surface area contributed by atoms with Crippen LogP contribution in [0, 0.1) is 2.88 Å². The SMILES string of the molecule is Cn1nc(-c2csc(I)c2)nc1SCC(=O)O. The zero-order chi connectivity index (χ0) is 12.4. The Hall–Kier alpha value is -0.610. The van der Waals surface area contributed by atoms with Crippen LogP contribution in [0.25, 0.3) is 11.4 Å². The summed E-state index contributed by atoms with van der Waals surface area (Å²) in [7, 11) is 1.76. The van der Waals surface area contributed by atoms with Crippen LogP contribution in [0.4, 0.5) is 0 Å². The average Bonchev–Trinajstić information content (AvgIpc) is 2.82. The zero-order valence-electron chi connectivity index (χ0n) is 8.75. The van der Waals surface area contributed by atoms with Gasteiger partial charge in [0.15, 0.2) is 11.0 Å². The summed E-state index contributed by atoms with van der Waals surface area (Å²) in [4.78, 5) is 14.8. The summed E-state index contributed by atoms with van der Waals surface area (Å²) in [6.45, 7) is 0. The number of aromatic nitrogens is 3. The standard InChI is InChI=1S/C9H8IN3O2S2/c1-13-9(17-4-7(14)15)11-8(12-13)5-2-6(10)16-3-5/h2-3H,4H2,1H3,(H,14,15). The minimum Gasteiger partial charge on any atom is -0.481 e. The Morgan fingerprint density at radius 2 is 2.47 bits per heavy atom. The zero-order valence-corrected chi connectivity index (χ0v) is 12.5. The number of thioether (sulfide) groups is 1. The molecule has 0 radical (unpaired) electrons. The quantitative estimate of drug-likeness (QED) is 0.651. The maximum atomic E-state index is 10.5. The minimum atomic E-state index is -0.857. The number of rotatable bonds is 4. The molecule has 0 aliphatic heterocycles. The van der Waals surface area contributed by atoms with E-state index in [1.807, 2.05) is 11.4 Å². The van der Waals surface area contributed by atoms with Gasteiger partial charge < -0.3 is 5.11 Å². The van der Waals surface area contributed by atoms with Crippen molar-refractivity contribution in [2.24, 2.45) is 7.05 Å². The maximum Gasteiger partial charge on any atom is 0.313 e. The number of thiophene rings is 1. The fourth-order valence-corrected chi connectivity index (χ4v) is 3.13. The molecule has 0 bridgehead atoms. The third-order valence-corrected chi connectivity index (χ3v) is 4.67. The summed E-state index contributed by atoms with van der Waals surface area (Å²) in [6.07, 6.45) is 0. The highest BCUT2D eigenvalue weighted by atomic mass is 127. The third-order valence-electron chi connectivity index (χ3n) is 1.87. The van der Waals surface area contributed by atoms with Crippen LogP contribution in [0.2, 0.25) is 0 Å². The number of carboxylic acids is 1. The Balaban J connectivity index is 2.21. The summed E-state index contributed by atoms with van der Waals surface area (Å²) in [5.74, 6) is -0.225. The van der Waals surface area contributed by atoms with Crippen LogP contribution in [0.15, 0.2) is 16.6 Å². The van der Waals surface area contributed by atoms with Crippen molar-refractivity contribution < 1.29 is 9.90 Å². The van der Waals surface area contributed by atoms with E-state index in [9.17, 15) is 4.79 Å². The molecule has 8 heteroatoms. The van der Waals surface area contributed by atoms with Crippen molar-refractivity contribution in [3.8, 4) is 11.4 Å². The van der Waals surface area contributed by atoms with Crippen molar-refractivity contribution in [3.63, 3.8) is 0 Å². The van der Waals surface area contributed by atoms with E-state index in [0.29, 0.717) is 11.0 Å². The van der Waals surface area contributed by atoms with Gasteiger partial charge in [0.25, 0.3) is 0 Å². The van der Waals surface area contributed by atoms with E-state index in [2.05, 4.69) is 32.7 Å². The largest absolute Gasteiger partial charge is 0.481 e. The average molecular weight is 381 g/mol. The van der Waals surface area contributed by atoms with Gasteiger partial charge in [0.05, 0.1) is 8.64 Å². The second-order valence-electron chi connectivity index (χ2n) is 3.16. The number of nitrogens with zero attached hydrogens (tertiary/aromatic N) is 3. The smallest absolute Gasteiger partial charge is 0.313 e. The highest BCUT2D eigenvalue weighted by Crippen LogP contribution is 2.26. The van der Waals surface area contributed by atoms with Gasteiger partial charge >= 0.3 is 5.97 Å². The van der Waals surface area contributed by atoms with Crippen molar-refractivity contribution in [2.75, 3.05) is 5.75 Å². The highest BCUT2D eigenvalue weighted by molar-refractivity contribution is 14.1. The van der Waals surface area contributed by atoms with E-state index >= 15 is 0 Å². The van der Waals surface area contributed by atoms with E-state index in [4.69, 9.17) is 5.11 Å². The molecule has 0 saturated heterocycles. The molecule has 0 unspecified atom stereocenters. The molecule has 0 aromatic carbocycles. The van der Waals surface area contributed by atoms with Gasteiger partial charge in [-0.15, -0.1) is 11.3 Å². The molecule has 0 atom stereocenters. The van der Waals surface area contributed by atoms with E-state index < -0.39 is 5.97 Å². The lowest BCUT2D eigenvalue weighted by Gasteiger charge is -1.94. The fourth-order valence-electron chi connectivity index (χ4n) is 1.17. The number of aliphatic carboxylic acids is 1. The second kappa shape index (κ2) is 5.36. The molecule has 90 valence electrons. The van der Waals surface area contributed by atoms with Crippen LogP contribution in [-0.4, -0.2) is 31.6 Å². The molecule has 0 spiro atoms. The number of halogens is 1. The number of carbonyl (C=O) groups is 1. The lowest BCUT2D eigenvalue weighted by molar-refractivity contribution is -0.133. The molecule has 2 rings (SSSR count). The first-order valence-electron chi connectivity index (χ1n) is 4.56. The Bertz CT molecular complexity index is 552. The van der Waals surface area contributed by atoms with Crippen LogP contribution < -0.4 is 0 Å². The normalized spacial score (nSPS) is 10.7. The van der Waals surface area contributed by atoms with Gasteiger partial charge in [0.2, 0.25) is 0 Å². The first-order valence-corrected chi connectivity index (χ1v) is 7.50. The van der Waals surface area contributed by atoms with Gasteiger partial charge in [-0.1, -0.05) is 11.8 Å². The number of aryl methyl sites for hydroxylation is 1. The van der Waals surface area contributed by atoms with Crippen molar-refractivity contribution >= 4 is 51.7 Å². The van der Waals surface area contributed by atoms with Crippen molar-refractivity contribution in [3.05, 3.63) is 14.3 Å². The molecular weight excluding hydrogens is 373 g/mol. The molecular formula is C9H8IN3O2S2. The van der Waals surface area contributed by atoms with Gasteiger partial charge in [0, 0.05) is 18.0 Å². The Morgan fingerprint density at radius 3 is 3.06 bits per heavy atom. The predicted molar refractivity (Wildman–Crippen MR) is 75.4 cm³/mol. The van der Waals surface area contributed by atoms with Crippen molar-refractivity contribution in [1.29, 1.82) is 0 Å². The topological polar surface area (TPSA) is 68.0 Å². The molecule has 1 N–H and O–H groups in total. The van der Waals surface area contributed by atoms with Crippen molar-refractivity contribution in [2.45, 2.75) is 5.16 Å². The molecule has 0 aliphatic carbocycles. The van der Waals surface area contributed by atoms with Gasteiger partial charge in [-0.2, -0.15) is 5.10 Å². The van der Waals surface area contributed by atoms with Crippen LogP contribution in [-0.2, 0) is 11.8 Å². The predicted octanol–water partition coefficient (Wildman–Crippen LogP) is 2.32. The second-order valence-corrected chi connectivity index (χ2v) is 6.91. The summed E-state index contributed by atoms with van der Waals surface area (Å²) >= 11 is 5.04. The van der Waals surface area contributed by atoms with Crippen molar-refractivity contribution in [1.82, 2.24) is 14.8 Å². The molecule has 2 heterocycles. The monoisotopic (exact) mass is 381 g/mol. The number of hydrogen-bond donors (Lipinski definition) is 1. The summed E-state index contributed by atoms with van der Waals surface area (Å²) in [5, 5.41) is 15.5. The Kier molecular flexibility index (Phi) is 4.05. The summed E-state index contributed by atoms with van der Waals surface area (Å²) in [6, 6.07) is 2.01. The highest BCUT2D eigenvalue weighted by Gasteiger charge is 2.12. The number of hydrogen-bond acceptors (Lipinski definition) is 5. The van der Waals surface area contributed by atoms with E-state index in [-0.39, 0.29) is 5.75 Å². The molecule has 0 saturated carbocycles. The van der Waals surface area contributed by atoms with Gasteiger partial charge in [-0.25, -0.2) is 9.67 Å². The van der Waals surface area contributed by atoms with Crippen LogP contribution in [0.1, 0.15) is 0 Å².